The molecular weight excluding hydrogens is 164 g/mol. The first-order valence-electron chi connectivity index (χ1n) is 4.75. The molecule has 4 nitrogen and oxygen atoms in total. The molecule has 1 aliphatic rings. The van der Waals surface area contributed by atoms with Gasteiger partial charge in [0.15, 0.2) is 0 Å². The molecule has 1 saturated heterocycles. The molecule has 72 valence electrons. The van der Waals surface area contributed by atoms with Crippen molar-refractivity contribution in [3.8, 4) is 0 Å². The zero-order chi connectivity index (χ0) is 9.10. The van der Waals surface area contributed by atoms with Crippen molar-refractivity contribution in [2.75, 3.05) is 20.1 Å². The van der Waals surface area contributed by atoms with Gasteiger partial charge in [0.25, 0.3) is 0 Å². The average Bonchev–Trinajstić information content (AvgIpc) is 2.74. The maximum absolute atomic E-state index is 3.93. The Hall–Kier alpha value is -0.870. The van der Waals surface area contributed by atoms with Gasteiger partial charge in [0.2, 0.25) is 0 Å². The summed E-state index contributed by atoms with van der Waals surface area (Å²) < 4.78 is 0. The minimum atomic E-state index is 0.690. The molecular formula is C9H16N4. The second-order valence-electron chi connectivity index (χ2n) is 3.67. The summed E-state index contributed by atoms with van der Waals surface area (Å²) in [5, 5.41) is 10.1. The third-order valence-corrected chi connectivity index (χ3v) is 2.64. The molecule has 0 radical (unpaired) electrons. The van der Waals surface area contributed by atoms with Crippen LogP contribution in [0.5, 0.6) is 0 Å². The van der Waals surface area contributed by atoms with Crippen molar-refractivity contribution in [3.05, 3.63) is 18.0 Å². The lowest BCUT2D eigenvalue weighted by Crippen LogP contribution is -2.32. The van der Waals surface area contributed by atoms with Gasteiger partial charge in [-0.15, -0.1) is 0 Å². The topological polar surface area (TPSA) is 44.0 Å². The summed E-state index contributed by atoms with van der Waals surface area (Å²) in [5.74, 6) is 0. The number of hydrogen-bond acceptors (Lipinski definition) is 3. The number of H-pyrrole nitrogens is 1. The molecule has 1 fully saturated rings. The lowest BCUT2D eigenvalue weighted by atomic mass is 10.2. The number of hydrogen-bond donors (Lipinski definition) is 2. The van der Waals surface area contributed by atoms with E-state index in [2.05, 4.69) is 27.5 Å². The molecule has 1 aromatic heterocycles. The molecule has 0 aliphatic carbocycles. The Morgan fingerprint density at radius 2 is 2.62 bits per heavy atom. The molecule has 0 bridgehead atoms. The van der Waals surface area contributed by atoms with E-state index in [4.69, 9.17) is 0 Å². The van der Waals surface area contributed by atoms with Gasteiger partial charge in [-0.3, -0.25) is 10.00 Å². The van der Waals surface area contributed by atoms with Gasteiger partial charge in [-0.05, 0) is 20.0 Å². The average molecular weight is 180 g/mol. The van der Waals surface area contributed by atoms with E-state index in [1.807, 2.05) is 12.4 Å². The van der Waals surface area contributed by atoms with Crippen LogP contribution in [0.25, 0.3) is 0 Å². The van der Waals surface area contributed by atoms with Crippen molar-refractivity contribution >= 4 is 0 Å². The number of nitrogens with zero attached hydrogens (tertiary/aromatic N) is 2. The fraction of sp³-hybridized carbons (Fsp3) is 0.667. The quantitative estimate of drug-likeness (QED) is 0.698. The maximum Gasteiger partial charge on any atom is 0.0532 e. The summed E-state index contributed by atoms with van der Waals surface area (Å²) >= 11 is 0. The van der Waals surface area contributed by atoms with Crippen molar-refractivity contribution < 1.29 is 0 Å². The summed E-state index contributed by atoms with van der Waals surface area (Å²) in [6.45, 7) is 3.26. The zero-order valence-electron chi connectivity index (χ0n) is 7.95. The minimum absolute atomic E-state index is 0.690. The molecule has 4 heteroatoms. The molecule has 13 heavy (non-hydrogen) atoms. The number of nitrogens with one attached hydrogen (secondary N) is 2. The monoisotopic (exact) mass is 180 g/mol. The largest absolute Gasteiger partial charge is 0.315 e. The highest BCUT2D eigenvalue weighted by Gasteiger charge is 2.18. The third-order valence-electron chi connectivity index (χ3n) is 2.64. The number of rotatable bonds is 3. The molecule has 0 amide bonds. The van der Waals surface area contributed by atoms with Crippen LogP contribution in [-0.4, -0.2) is 41.3 Å². The van der Waals surface area contributed by atoms with Crippen LogP contribution in [0.15, 0.2) is 12.4 Å². The highest BCUT2D eigenvalue weighted by atomic mass is 15.2. The van der Waals surface area contributed by atoms with Crippen LogP contribution in [0.2, 0.25) is 0 Å². The summed E-state index contributed by atoms with van der Waals surface area (Å²) in [7, 11) is 2.17. The van der Waals surface area contributed by atoms with E-state index in [0.717, 1.165) is 19.6 Å². The molecule has 2 rings (SSSR count). The molecule has 2 heterocycles. The zero-order valence-corrected chi connectivity index (χ0v) is 7.95. The van der Waals surface area contributed by atoms with E-state index < -0.39 is 0 Å². The van der Waals surface area contributed by atoms with Gasteiger partial charge in [-0.25, -0.2) is 0 Å². The van der Waals surface area contributed by atoms with E-state index in [9.17, 15) is 0 Å². The second kappa shape index (κ2) is 3.89. The predicted octanol–water partition coefficient (Wildman–Crippen LogP) is 0.203. The van der Waals surface area contributed by atoms with Gasteiger partial charge >= 0.3 is 0 Å². The SMILES string of the molecule is CN(Cc1cn[nH]c1)C1CCNC1. The van der Waals surface area contributed by atoms with Gasteiger partial charge < -0.3 is 5.32 Å². The molecule has 1 aromatic rings. The second-order valence-corrected chi connectivity index (χ2v) is 3.67. The Kier molecular flexibility index (Phi) is 2.61. The normalized spacial score (nSPS) is 22.8. The van der Waals surface area contributed by atoms with E-state index >= 15 is 0 Å². The summed E-state index contributed by atoms with van der Waals surface area (Å²) in [4.78, 5) is 2.38. The first-order valence-corrected chi connectivity index (χ1v) is 4.75. The fourth-order valence-corrected chi connectivity index (χ4v) is 1.80. The van der Waals surface area contributed by atoms with Gasteiger partial charge in [-0.2, -0.15) is 5.10 Å². The Labute approximate surface area is 78.3 Å². The fourth-order valence-electron chi connectivity index (χ4n) is 1.80. The van der Waals surface area contributed by atoms with Gasteiger partial charge in [0, 0.05) is 30.9 Å². The molecule has 0 saturated carbocycles. The molecule has 1 unspecified atom stereocenters. The van der Waals surface area contributed by atoms with Crippen LogP contribution < -0.4 is 5.32 Å². The highest BCUT2D eigenvalue weighted by molar-refractivity contribution is 5.02. The van der Waals surface area contributed by atoms with Crippen molar-refractivity contribution in [1.29, 1.82) is 0 Å². The first kappa shape index (κ1) is 8.72. The Morgan fingerprint density at radius 3 is 3.23 bits per heavy atom. The van der Waals surface area contributed by atoms with Crippen LogP contribution >= 0.6 is 0 Å². The van der Waals surface area contributed by atoms with Crippen molar-refractivity contribution in [1.82, 2.24) is 20.4 Å². The van der Waals surface area contributed by atoms with E-state index in [-0.39, 0.29) is 0 Å². The number of aromatic nitrogens is 2. The Bertz CT molecular complexity index is 238. The molecule has 1 atom stereocenters. The van der Waals surface area contributed by atoms with Crippen LogP contribution in [0.1, 0.15) is 12.0 Å². The lowest BCUT2D eigenvalue weighted by Gasteiger charge is -2.22. The smallest absolute Gasteiger partial charge is 0.0532 e. The van der Waals surface area contributed by atoms with Gasteiger partial charge in [0.1, 0.15) is 0 Å². The summed E-state index contributed by atoms with van der Waals surface area (Å²) in [5.41, 5.74) is 1.26. The van der Waals surface area contributed by atoms with Crippen molar-refractivity contribution in [2.45, 2.75) is 19.0 Å². The van der Waals surface area contributed by atoms with E-state index in [0.29, 0.717) is 6.04 Å². The standard InChI is InChI=1S/C9H16N4/c1-13(9-2-3-10-6-9)7-8-4-11-12-5-8/h4-5,9-10H,2-3,6-7H2,1H3,(H,11,12). The molecule has 2 N–H and O–H groups in total. The lowest BCUT2D eigenvalue weighted by molar-refractivity contribution is 0.249. The molecule has 1 aliphatic heterocycles. The highest BCUT2D eigenvalue weighted by Crippen LogP contribution is 2.09. The molecule has 0 aromatic carbocycles. The Morgan fingerprint density at radius 1 is 1.69 bits per heavy atom. The van der Waals surface area contributed by atoms with Crippen molar-refractivity contribution in [3.63, 3.8) is 0 Å². The van der Waals surface area contributed by atoms with Crippen LogP contribution in [0, 0.1) is 0 Å². The Balaban J connectivity index is 1.87. The van der Waals surface area contributed by atoms with Gasteiger partial charge in [0.05, 0.1) is 6.20 Å². The third kappa shape index (κ3) is 2.08. The van der Waals surface area contributed by atoms with Crippen LogP contribution in [-0.2, 0) is 6.54 Å². The molecule has 0 spiro atoms. The summed E-state index contributed by atoms with van der Waals surface area (Å²) in [6.07, 6.45) is 5.10. The van der Waals surface area contributed by atoms with Crippen molar-refractivity contribution in [2.24, 2.45) is 0 Å². The number of likely N-dealkylation sites (N-methyl/N-ethyl adjacent to an activating group) is 1. The number of aromatic amines is 1. The van der Waals surface area contributed by atoms with E-state index in [1.54, 1.807) is 0 Å². The maximum atomic E-state index is 3.93. The van der Waals surface area contributed by atoms with Crippen LogP contribution in [0.4, 0.5) is 0 Å². The van der Waals surface area contributed by atoms with E-state index in [1.165, 1.54) is 12.0 Å². The van der Waals surface area contributed by atoms with Crippen LogP contribution in [0.3, 0.4) is 0 Å². The van der Waals surface area contributed by atoms with Gasteiger partial charge in [-0.1, -0.05) is 0 Å². The summed E-state index contributed by atoms with van der Waals surface area (Å²) in [6, 6.07) is 0.690. The first-order chi connectivity index (χ1) is 6.36. The minimum Gasteiger partial charge on any atom is -0.315 e. The predicted molar refractivity (Wildman–Crippen MR) is 51.3 cm³/mol.